The van der Waals surface area contributed by atoms with Crippen LogP contribution in [0.3, 0.4) is 0 Å². The number of rotatable bonds is 1. The fourth-order valence-electron chi connectivity index (χ4n) is 2.85. The maximum atomic E-state index is 4.73. The van der Waals surface area contributed by atoms with Crippen LogP contribution in [-0.4, -0.2) is 25.9 Å². The molecule has 102 valence electrons. The van der Waals surface area contributed by atoms with Gasteiger partial charge in [0.2, 0.25) is 0 Å². The third-order valence-electron chi connectivity index (χ3n) is 3.91. The quantitative estimate of drug-likeness (QED) is 0.733. The third-order valence-corrected chi connectivity index (χ3v) is 3.91. The lowest BCUT2D eigenvalue weighted by Gasteiger charge is -2.00. The van der Waals surface area contributed by atoms with Gasteiger partial charge in [-0.1, -0.05) is 12.1 Å². The smallest absolute Gasteiger partial charge is 0.161 e. The topological polar surface area (TPSA) is 47.7 Å². The van der Waals surface area contributed by atoms with Crippen LogP contribution in [0.25, 0.3) is 22.6 Å². The Kier molecular flexibility index (Phi) is 2.60. The number of aromatic nitrogens is 4. The zero-order valence-corrected chi connectivity index (χ0v) is 11.5. The molecule has 2 aromatic heterocycles. The summed E-state index contributed by atoms with van der Waals surface area (Å²) in [7, 11) is 2.05. The minimum absolute atomic E-state index is 0.886. The van der Waals surface area contributed by atoms with Crippen molar-refractivity contribution in [1.82, 2.24) is 24.6 Å². The molecule has 3 aromatic rings. The van der Waals surface area contributed by atoms with Crippen molar-refractivity contribution in [3.63, 3.8) is 0 Å². The van der Waals surface area contributed by atoms with E-state index in [2.05, 4.69) is 26.7 Å². The summed E-state index contributed by atoms with van der Waals surface area (Å²) in [5.74, 6) is 0.937. The van der Waals surface area contributed by atoms with Gasteiger partial charge >= 0.3 is 0 Å². The second kappa shape index (κ2) is 4.45. The molecule has 1 N–H and O–H groups in total. The highest BCUT2D eigenvalue weighted by atomic mass is 15.3. The summed E-state index contributed by atoms with van der Waals surface area (Å²) in [6.07, 6.45) is 1.12. The standard InChI is InChI=1S/C15H17N5/c1-19-14-6-3-2-5-12(14)17-15(19)13-9-11-10-16-7-4-8-20(11)18-13/h2-3,5-6,9,16H,4,7-8,10H2,1H3. The summed E-state index contributed by atoms with van der Waals surface area (Å²) in [4.78, 5) is 4.72. The number of para-hydroxylation sites is 2. The van der Waals surface area contributed by atoms with E-state index in [0.717, 1.165) is 48.6 Å². The van der Waals surface area contributed by atoms with Crippen molar-refractivity contribution in [3.05, 3.63) is 36.0 Å². The van der Waals surface area contributed by atoms with Gasteiger partial charge in [0.1, 0.15) is 5.69 Å². The zero-order valence-electron chi connectivity index (χ0n) is 11.5. The van der Waals surface area contributed by atoms with Gasteiger partial charge in [0, 0.05) is 20.1 Å². The molecule has 1 aromatic carbocycles. The molecule has 0 spiro atoms. The Hall–Kier alpha value is -2.14. The van der Waals surface area contributed by atoms with Gasteiger partial charge in [-0.3, -0.25) is 4.68 Å². The van der Waals surface area contributed by atoms with Crippen LogP contribution in [-0.2, 0) is 20.1 Å². The molecule has 0 unspecified atom stereocenters. The second-order valence-electron chi connectivity index (χ2n) is 5.26. The minimum atomic E-state index is 0.886. The number of hydrogen-bond acceptors (Lipinski definition) is 3. The van der Waals surface area contributed by atoms with Crippen molar-refractivity contribution in [2.75, 3.05) is 6.54 Å². The van der Waals surface area contributed by atoms with Crippen LogP contribution in [0.15, 0.2) is 30.3 Å². The van der Waals surface area contributed by atoms with E-state index in [4.69, 9.17) is 10.1 Å². The van der Waals surface area contributed by atoms with Crippen LogP contribution in [0, 0.1) is 0 Å². The Balaban J connectivity index is 1.85. The highest BCUT2D eigenvalue weighted by Gasteiger charge is 2.16. The van der Waals surface area contributed by atoms with E-state index in [0.29, 0.717) is 0 Å². The maximum Gasteiger partial charge on any atom is 0.161 e. The summed E-state index contributed by atoms with van der Waals surface area (Å²) in [5, 5.41) is 8.15. The first-order chi connectivity index (χ1) is 9.83. The lowest BCUT2D eigenvalue weighted by Crippen LogP contribution is -2.11. The van der Waals surface area contributed by atoms with E-state index in [-0.39, 0.29) is 0 Å². The number of aryl methyl sites for hydroxylation is 2. The number of hydrogen-bond donors (Lipinski definition) is 1. The van der Waals surface area contributed by atoms with Crippen molar-refractivity contribution in [1.29, 1.82) is 0 Å². The Morgan fingerprint density at radius 3 is 3.05 bits per heavy atom. The van der Waals surface area contributed by atoms with Crippen molar-refractivity contribution in [2.45, 2.75) is 19.5 Å². The maximum absolute atomic E-state index is 4.73. The molecule has 20 heavy (non-hydrogen) atoms. The van der Waals surface area contributed by atoms with E-state index in [1.807, 2.05) is 25.2 Å². The molecule has 0 bridgehead atoms. The monoisotopic (exact) mass is 267 g/mol. The predicted molar refractivity (Wildman–Crippen MR) is 78.3 cm³/mol. The van der Waals surface area contributed by atoms with E-state index >= 15 is 0 Å². The van der Waals surface area contributed by atoms with E-state index in [1.165, 1.54) is 5.69 Å². The summed E-state index contributed by atoms with van der Waals surface area (Å²) in [6.45, 7) is 2.92. The van der Waals surface area contributed by atoms with Gasteiger partial charge < -0.3 is 9.88 Å². The van der Waals surface area contributed by atoms with Crippen molar-refractivity contribution < 1.29 is 0 Å². The Morgan fingerprint density at radius 1 is 1.25 bits per heavy atom. The molecule has 0 fully saturated rings. The number of nitrogens with zero attached hydrogens (tertiary/aromatic N) is 4. The molecule has 0 aliphatic carbocycles. The highest BCUT2D eigenvalue weighted by Crippen LogP contribution is 2.23. The lowest BCUT2D eigenvalue weighted by atomic mass is 10.3. The summed E-state index contributed by atoms with van der Waals surface area (Å²) in [6, 6.07) is 10.3. The average molecular weight is 267 g/mol. The number of benzene rings is 1. The van der Waals surface area contributed by atoms with Crippen molar-refractivity contribution >= 4 is 11.0 Å². The molecule has 1 aliphatic heterocycles. The molecule has 5 heteroatoms. The van der Waals surface area contributed by atoms with Crippen LogP contribution in [0.5, 0.6) is 0 Å². The van der Waals surface area contributed by atoms with Gasteiger partial charge in [-0.25, -0.2) is 4.98 Å². The molecule has 4 rings (SSSR count). The van der Waals surface area contributed by atoms with Gasteiger partial charge in [-0.2, -0.15) is 5.10 Å². The zero-order chi connectivity index (χ0) is 13.5. The summed E-state index contributed by atoms with van der Waals surface area (Å²) in [5.41, 5.74) is 4.36. The molecule has 0 atom stereocenters. The molecule has 3 heterocycles. The molecule has 5 nitrogen and oxygen atoms in total. The van der Waals surface area contributed by atoms with Crippen LogP contribution in [0.4, 0.5) is 0 Å². The Morgan fingerprint density at radius 2 is 2.15 bits per heavy atom. The normalized spacial score (nSPS) is 15.2. The minimum Gasteiger partial charge on any atom is -0.326 e. The first kappa shape index (κ1) is 11.7. The van der Waals surface area contributed by atoms with Crippen LogP contribution >= 0.6 is 0 Å². The number of fused-ring (bicyclic) bond motifs is 2. The molecule has 0 radical (unpaired) electrons. The molecule has 0 saturated carbocycles. The van der Waals surface area contributed by atoms with Gasteiger partial charge in [0.15, 0.2) is 5.82 Å². The Labute approximate surface area is 117 Å². The first-order valence-electron chi connectivity index (χ1n) is 7.02. The van der Waals surface area contributed by atoms with E-state index in [1.54, 1.807) is 0 Å². The number of imidazole rings is 1. The second-order valence-corrected chi connectivity index (χ2v) is 5.26. The van der Waals surface area contributed by atoms with Crippen molar-refractivity contribution in [3.8, 4) is 11.5 Å². The first-order valence-corrected chi connectivity index (χ1v) is 7.02. The average Bonchev–Trinajstić information content (AvgIpc) is 2.94. The SMILES string of the molecule is Cn1c(-c2cc3n(n2)CCCNC3)nc2ccccc21. The Bertz CT molecular complexity index is 744. The van der Waals surface area contributed by atoms with Crippen LogP contribution in [0.2, 0.25) is 0 Å². The molecular formula is C15H17N5. The van der Waals surface area contributed by atoms with Crippen LogP contribution in [0.1, 0.15) is 12.1 Å². The van der Waals surface area contributed by atoms with Crippen LogP contribution < -0.4 is 5.32 Å². The molecule has 0 amide bonds. The summed E-state index contributed by atoms with van der Waals surface area (Å²) >= 11 is 0. The lowest BCUT2D eigenvalue weighted by molar-refractivity contribution is 0.588. The van der Waals surface area contributed by atoms with Gasteiger partial charge in [-0.05, 0) is 31.2 Å². The van der Waals surface area contributed by atoms with E-state index < -0.39 is 0 Å². The van der Waals surface area contributed by atoms with Gasteiger partial charge in [0.25, 0.3) is 0 Å². The molecular weight excluding hydrogens is 250 g/mol. The van der Waals surface area contributed by atoms with E-state index in [9.17, 15) is 0 Å². The van der Waals surface area contributed by atoms with Gasteiger partial charge in [0.05, 0.1) is 16.7 Å². The predicted octanol–water partition coefficient (Wildman–Crippen LogP) is 1.93. The fourth-order valence-corrected chi connectivity index (χ4v) is 2.85. The molecule has 1 aliphatic rings. The largest absolute Gasteiger partial charge is 0.326 e. The molecule has 0 saturated heterocycles. The highest BCUT2D eigenvalue weighted by molar-refractivity contribution is 5.79. The third kappa shape index (κ3) is 1.74. The number of nitrogens with one attached hydrogen (secondary N) is 1. The fraction of sp³-hybridized carbons (Fsp3) is 0.333. The van der Waals surface area contributed by atoms with Crippen molar-refractivity contribution in [2.24, 2.45) is 7.05 Å². The summed E-state index contributed by atoms with van der Waals surface area (Å²) < 4.78 is 4.22. The van der Waals surface area contributed by atoms with Gasteiger partial charge in [-0.15, -0.1) is 0 Å².